The molecular weight excluding hydrogens is 242 g/mol. The third-order valence-corrected chi connectivity index (χ3v) is 3.78. The maximum atomic E-state index is 12.6. The minimum absolute atomic E-state index is 0.0240. The molecule has 100 valence electrons. The van der Waals surface area contributed by atoms with Gasteiger partial charge < -0.3 is 20.7 Å². The number of aliphatic hydroxyl groups excluding tert-OH is 1. The van der Waals surface area contributed by atoms with Crippen LogP contribution in [0.2, 0.25) is 0 Å². The summed E-state index contributed by atoms with van der Waals surface area (Å²) in [5.74, 6) is -0.0339. The van der Waals surface area contributed by atoms with Gasteiger partial charge in [-0.25, -0.2) is 0 Å². The number of fused-ring (bicyclic) bond motifs is 1. The highest BCUT2D eigenvalue weighted by atomic mass is 16.3. The number of aromatic nitrogens is 1. The number of carbonyl (C=O) groups is 1. The van der Waals surface area contributed by atoms with Crippen LogP contribution >= 0.6 is 0 Å². The second-order valence-electron chi connectivity index (χ2n) is 4.98. The fourth-order valence-electron chi connectivity index (χ4n) is 2.76. The highest BCUT2D eigenvalue weighted by Gasteiger charge is 2.29. The number of nitrogens with two attached hydrogens (primary N) is 1. The van der Waals surface area contributed by atoms with Gasteiger partial charge in [0.15, 0.2) is 0 Å². The molecule has 1 aliphatic rings. The Labute approximate surface area is 111 Å². The van der Waals surface area contributed by atoms with Crippen molar-refractivity contribution in [2.24, 2.45) is 0 Å². The van der Waals surface area contributed by atoms with Gasteiger partial charge in [0.1, 0.15) is 0 Å². The van der Waals surface area contributed by atoms with Crippen LogP contribution in [0, 0.1) is 0 Å². The third kappa shape index (κ3) is 1.96. The van der Waals surface area contributed by atoms with Gasteiger partial charge in [-0.05, 0) is 31.0 Å². The molecule has 1 atom stereocenters. The molecule has 5 heteroatoms. The number of aromatic amines is 1. The molecule has 0 spiro atoms. The Morgan fingerprint density at radius 3 is 3.16 bits per heavy atom. The highest BCUT2D eigenvalue weighted by molar-refractivity contribution is 6.07. The molecule has 1 fully saturated rings. The topological polar surface area (TPSA) is 82.4 Å². The third-order valence-electron chi connectivity index (χ3n) is 3.78. The van der Waals surface area contributed by atoms with Crippen molar-refractivity contribution in [3.8, 4) is 0 Å². The molecule has 1 saturated heterocycles. The first-order valence-electron chi connectivity index (χ1n) is 6.49. The van der Waals surface area contributed by atoms with E-state index in [2.05, 4.69) is 4.98 Å². The van der Waals surface area contributed by atoms with E-state index in [0.717, 1.165) is 23.7 Å². The maximum Gasteiger partial charge on any atom is 0.256 e. The second kappa shape index (κ2) is 4.59. The first kappa shape index (κ1) is 12.0. The molecule has 0 saturated carbocycles. The Morgan fingerprint density at radius 2 is 2.37 bits per heavy atom. The number of nitrogens with one attached hydrogen (secondary N) is 1. The van der Waals surface area contributed by atoms with Crippen LogP contribution in [-0.4, -0.2) is 40.1 Å². The first-order valence-corrected chi connectivity index (χ1v) is 6.49. The number of H-pyrrole nitrogens is 1. The van der Waals surface area contributed by atoms with Crippen molar-refractivity contribution in [3.05, 3.63) is 30.0 Å². The van der Waals surface area contributed by atoms with E-state index in [1.165, 1.54) is 0 Å². The van der Waals surface area contributed by atoms with Crippen molar-refractivity contribution < 1.29 is 9.90 Å². The smallest absolute Gasteiger partial charge is 0.256 e. The van der Waals surface area contributed by atoms with Crippen molar-refractivity contribution in [1.29, 1.82) is 0 Å². The maximum absolute atomic E-state index is 12.6. The van der Waals surface area contributed by atoms with Gasteiger partial charge in [-0.2, -0.15) is 0 Å². The summed E-state index contributed by atoms with van der Waals surface area (Å²) < 4.78 is 0. The average Bonchev–Trinajstić information content (AvgIpc) is 3.03. The fraction of sp³-hybridized carbons (Fsp3) is 0.357. The lowest BCUT2D eigenvalue weighted by Gasteiger charge is -2.22. The molecule has 0 aliphatic carbocycles. The minimum atomic E-state index is -0.0569. The zero-order valence-corrected chi connectivity index (χ0v) is 10.6. The Kier molecular flexibility index (Phi) is 2.91. The second-order valence-corrected chi connectivity index (χ2v) is 4.98. The number of benzene rings is 1. The van der Waals surface area contributed by atoms with E-state index in [-0.39, 0.29) is 18.6 Å². The molecule has 1 aromatic carbocycles. The molecule has 5 nitrogen and oxygen atoms in total. The van der Waals surface area contributed by atoms with Crippen LogP contribution in [0.5, 0.6) is 0 Å². The largest absolute Gasteiger partial charge is 0.399 e. The minimum Gasteiger partial charge on any atom is -0.399 e. The zero-order valence-electron chi connectivity index (χ0n) is 10.6. The van der Waals surface area contributed by atoms with Crippen molar-refractivity contribution in [1.82, 2.24) is 9.88 Å². The lowest BCUT2D eigenvalue weighted by atomic mass is 10.1. The summed E-state index contributed by atoms with van der Waals surface area (Å²) in [6.07, 6.45) is 3.54. The molecule has 0 unspecified atom stereocenters. The van der Waals surface area contributed by atoms with E-state index in [1.54, 1.807) is 17.2 Å². The Hall–Kier alpha value is -2.01. The van der Waals surface area contributed by atoms with Crippen LogP contribution in [0.4, 0.5) is 5.69 Å². The number of rotatable bonds is 2. The van der Waals surface area contributed by atoms with Gasteiger partial charge in [-0.3, -0.25) is 4.79 Å². The van der Waals surface area contributed by atoms with Gasteiger partial charge in [-0.15, -0.1) is 0 Å². The summed E-state index contributed by atoms with van der Waals surface area (Å²) in [4.78, 5) is 17.4. The lowest BCUT2D eigenvalue weighted by Crippen LogP contribution is -2.37. The monoisotopic (exact) mass is 259 g/mol. The summed E-state index contributed by atoms with van der Waals surface area (Å²) in [6, 6.07) is 5.43. The Balaban J connectivity index is 1.99. The van der Waals surface area contributed by atoms with Gasteiger partial charge >= 0.3 is 0 Å². The zero-order chi connectivity index (χ0) is 13.4. The van der Waals surface area contributed by atoms with E-state index in [4.69, 9.17) is 5.73 Å². The SMILES string of the molecule is Nc1ccc2[nH]cc(C(=O)N3CCC[C@H]3CO)c2c1. The summed E-state index contributed by atoms with van der Waals surface area (Å²) in [5.41, 5.74) is 7.95. The molecule has 19 heavy (non-hydrogen) atoms. The van der Waals surface area contributed by atoms with Crippen molar-refractivity contribution >= 4 is 22.5 Å². The number of hydrogen-bond acceptors (Lipinski definition) is 3. The van der Waals surface area contributed by atoms with Crippen LogP contribution in [0.3, 0.4) is 0 Å². The Bertz CT molecular complexity index is 620. The van der Waals surface area contributed by atoms with Gasteiger partial charge in [0.05, 0.1) is 18.2 Å². The lowest BCUT2D eigenvalue weighted by molar-refractivity contribution is 0.0679. The molecule has 3 rings (SSSR count). The summed E-state index contributed by atoms with van der Waals surface area (Å²) in [5, 5.41) is 10.2. The number of nitrogens with zero attached hydrogens (tertiary/aromatic N) is 1. The predicted molar refractivity (Wildman–Crippen MR) is 73.9 cm³/mol. The average molecular weight is 259 g/mol. The van der Waals surface area contributed by atoms with Gasteiger partial charge in [0.25, 0.3) is 5.91 Å². The first-order chi connectivity index (χ1) is 9.20. The number of nitrogen functional groups attached to an aromatic ring is 1. The number of aliphatic hydroxyl groups is 1. The highest BCUT2D eigenvalue weighted by Crippen LogP contribution is 2.25. The van der Waals surface area contributed by atoms with Gasteiger partial charge in [0, 0.05) is 29.3 Å². The number of anilines is 1. The number of amides is 1. The van der Waals surface area contributed by atoms with Crippen LogP contribution < -0.4 is 5.73 Å². The molecule has 1 aliphatic heterocycles. The van der Waals surface area contributed by atoms with Gasteiger partial charge in [-0.1, -0.05) is 0 Å². The normalized spacial score (nSPS) is 19.2. The van der Waals surface area contributed by atoms with Crippen molar-refractivity contribution in [2.45, 2.75) is 18.9 Å². The summed E-state index contributed by atoms with van der Waals surface area (Å²) in [6.45, 7) is 0.731. The quantitative estimate of drug-likeness (QED) is 0.712. The number of likely N-dealkylation sites (tertiary alicyclic amines) is 1. The molecule has 2 aromatic rings. The van der Waals surface area contributed by atoms with Crippen molar-refractivity contribution in [2.75, 3.05) is 18.9 Å². The van der Waals surface area contributed by atoms with Crippen molar-refractivity contribution in [3.63, 3.8) is 0 Å². The molecular formula is C14H17N3O2. The van der Waals surface area contributed by atoms with E-state index < -0.39 is 0 Å². The molecule has 0 radical (unpaired) electrons. The van der Waals surface area contributed by atoms with Gasteiger partial charge in [0.2, 0.25) is 0 Å². The standard InChI is InChI=1S/C14H17N3O2/c15-9-3-4-13-11(6-9)12(7-16-13)14(19)17-5-1-2-10(17)8-18/h3-4,6-7,10,16,18H,1-2,5,8,15H2/t10-/m0/s1. The molecule has 0 bridgehead atoms. The predicted octanol–water partition coefficient (Wildman–Crippen LogP) is 1.35. The van der Waals surface area contributed by atoms with E-state index in [0.29, 0.717) is 17.8 Å². The Morgan fingerprint density at radius 1 is 1.53 bits per heavy atom. The molecule has 2 heterocycles. The van der Waals surface area contributed by atoms with Crippen LogP contribution in [0.15, 0.2) is 24.4 Å². The van der Waals surface area contributed by atoms with Crippen LogP contribution in [-0.2, 0) is 0 Å². The number of hydrogen-bond donors (Lipinski definition) is 3. The van der Waals surface area contributed by atoms with Crippen LogP contribution in [0.25, 0.3) is 10.9 Å². The fourth-order valence-corrected chi connectivity index (χ4v) is 2.76. The molecule has 1 amide bonds. The molecule has 1 aromatic heterocycles. The van der Waals surface area contributed by atoms with E-state index in [1.807, 2.05) is 12.1 Å². The summed E-state index contributed by atoms with van der Waals surface area (Å²) in [7, 11) is 0. The number of carbonyl (C=O) groups excluding carboxylic acids is 1. The molecule has 4 N–H and O–H groups in total. The van der Waals surface area contributed by atoms with E-state index in [9.17, 15) is 9.90 Å². The summed E-state index contributed by atoms with van der Waals surface area (Å²) >= 11 is 0. The van der Waals surface area contributed by atoms with E-state index >= 15 is 0 Å². The van der Waals surface area contributed by atoms with Crippen LogP contribution in [0.1, 0.15) is 23.2 Å².